The third-order valence-corrected chi connectivity index (χ3v) is 7.54. The molecule has 1 amide bonds. The van der Waals surface area contributed by atoms with Crippen molar-refractivity contribution in [3.63, 3.8) is 0 Å². The molecule has 3 aromatic rings. The highest BCUT2D eigenvalue weighted by Gasteiger charge is 2.17. The number of rotatable bonds is 11. The van der Waals surface area contributed by atoms with Crippen molar-refractivity contribution in [1.29, 1.82) is 0 Å². The predicted octanol–water partition coefficient (Wildman–Crippen LogP) is 4.00. The topological polar surface area (TPSA) is 78.5 Å². The van der Waals surface area contributed by atoms with Crippen molar-refractivity contribution in [3.05, 3.63) is 87.6 Å². The van der Waals surface area contributed by atoms with Crippen LogP contribution in [-0.4, -0.2) is 32.3 Å². The van der Waals surface area contributed by atoms with E-state index in [1.54, 1.807) is 12.1 Å². The molecule has 0 fully saturated rings. The van der Waals surface area contributed by atoms with Crippen LogP contribution in [0.15, 0.2) is 70.9 Å². The Morgan fingerprint density at radius 2 is 1.69 bits per heavy atom. The molecule has 1 aromatic heterocycles. The molecule has 0 saturated heterocycles. The van der Waals surface area contributed by atoms with Crippen LogP contribution < -0.4 is 10.0 Å². The molecule has 0 atom stereocenters. The Morgan fingerprint density at radius 3 is 2.38 bits per heavy atom. The average Bonchev–Trinajstić information content (AvgIpc) is 3.34. The lowest BCUT2D eigenvalue weighted by atomic mass is 10.1. The standard InChI is InChI=1S/C24H29N3O3S2/c1-3-27(4-2)18-21-10-6-5-9-20(21)16-25-24(28)19-11-7-13-23(15-19)32(29,30)26-17-22-12-8-14-31-22/h5-15,26H,3-4,16-18H2,1-2H3,(H,25,28). The Balaban J connectivity index is 1.67. The molecule has 0 radical (unpaired) electrons. The maximum Gasteiger partial charge on any atom is 0.251 e. The van der Waals surface area contributed by atoms with Crippen molar-refractivity contribution < 1.29 is 13.2 Å². The van der Waals surface area contributed by atoms with Gasteiger partial charge in [-0.2, -0.15) is 0 Å². The Morgan fingerprint density at radius 1 is 0.938 bits per heavy atom. The summed E-state index contributed by atoms with van der Waals surface area (Å²) in [4.78, 5) is 16.1. The van der Waals surface area contributed by atoms with Gasteiger partial charge in [-0.05, 0) is 53.9 Å². The van der Waals surface area contributed by atoms with Gasteiger partial charge in [-0.25, -0.2) is 13.1 Å². The van der Waals surface area contributed by atoms with E-state index >= 15 is 0 Å². The lowest BCUT2D eigenvalue weighted by Gasteiger charge is -2.20. The van der Waals surface area contributed by atoms with Crippen LogP contribution in [0.4, 0.5) is 0 Å². The fraction of sp³-hybridized carbons (Fsp3) is 0.292. The van der Waals surface area contributed by atoms with Crippen LogP contribution in [0.25, 0.3) is 0 Å². The van der Waals surface area contributed by atoms with Crippen molar-refractivity contribution in [2.75, 3.05) is 13.1 Å². The molecule has 0 bridgehead atoms. The maximum atomic E-state index is 12.8. The van der Waals surface area contributed by atoms with E-state index in [0.29, 0.717) is 12.1 Å². The van der Waals surface area contributed by atoms with Gasteiger partial charge < -0.3 is 5.32 Å². The third kappa shape index (κ3) is 6.49. The number of carbonyl (C=O) groups is 1. The largest absolute Gasteiger partial charge is 0.348 e. The van der Waals surface area contributed by atoms with Gasteiger partial charge >= 0.3 is 0 Å². The zero-order chi connectivity index (χ0) is 23.0. The van der Waals surface area contributed by atoms with Crippen molar-refractivity contribution in [1.82, 2.24) is 14.9 Å². The van der Waals surface area contributed by atoms with Gasteiger partial charge in [0.05, 0.1) is 4.90 Å². The lowest BCUT2D eigenvalue weighted by Crippen LogP contribution is -2.26. The van der Waals surface area contributed by atoms with Crippen LogP contribution in [0, 0.1) is 0 Å². The highest BCUT2D eigenvalue weighted by Crippen LogP contribution is 2.15. The van der Waals surface area contributed by atoms with E-state index in [4.69, 9.17) is 0 Å². The second-order valence-corrected chi connectivity index (χ2v) is 10.1. The van der Waals surface area contributed by atoms with Crippen LogP contribution in [0.3, 0.4) is 0 Å². The number of nitrogens with one attached hydrogen (secondary N) is 2. The number of nitrogens with zero attached hydrogens (tertiary/aromatic N) is 1. The van der Waals surface area contributed by atoms with E-state index in [1.165, 1.54) is 29.0 Å². The summed E-state index contributed by atoms with van der Waals surface area (Å²) in [6.07, 6.45) is 0. The van der Waals surface area contributed by atoms with E-state index in [2.05, 4.69) is 34.9 Å². The minimum absolute atomic E-state index is 0.0728. The summed E-state index contributed by atoms with van der Waals surface area (Å²) in [6, 6.07) is 17.9. The minimum atomic E-state index is -3.71. The summed E-state index contributed by atoms with van der Waals surface area (Å²) in [5, 5.41) is 4.82. The number of sulfonamides is 1. The molecule has 0 aliphatic rings. The van der Waals surface area contributed by atoms with Crippen molar-refractivity contribution in [3.8, 4) is 0 Å². The summed E-state index contributed by atoms with van der Waals surface area (Å²) >= 11 is 1.48. The first-order chi connectivity index (χ1) is 15.4. The van der Waals surface area contributed by atoms with Gasteiger partial charge in [0.2, 0.25) is 10.0 Å². The Hall–Kier alpha value is -2.52. The van der Waals surface area contributed by atoms with Crippen LogP contribution in [-0.2, 0) is 29.7 Å². The van der Waals surface area contributed by atoms with Gasteiger partial charge in [0.25, 0.3) is 5.91 Å². The molecule has 32 heavy (non-hydrogen) atoms. The number of carbonyl (C=O) groups excluding carboxylic acids is 1. The number of thiophene rings is 1. The minimum Gasteiger partial charge on any atom is -0.348 e. The van der Waals surface area contributed by atoms with E-state index in [-0.39, 0.29) is 17.3 Å². The monoisotopic (exact) mass is 471 g/mol. The smallest absolute Gasteiger partial charge is 0.251 e. The molecular formula is C24H29N3O3S2. The van der Waals surface area contributed by atoms with Crippen LogP contribution in [0.2, 0.25) is 0 Å². The van der Waals surface area contributed by atoms with Gasteiger partial charge in [0.1, 0.15) is 0 Å². The SMILES string of the molecule is CCN(CC)Cc1ccccc1CNC(=O)c1cccc(S(=O)(=O)NCc2cccs2)c1. The second kappa shape index (κ2) is 11.4. The molecule has 0 unspecified atom stereocenters. The fourth-order valence-corrected chi connectivity index (χ4v) is 5.10. The quantitative estimate of drug-likeness (QED) is 0.443. The number of hydrogen-bond acceptors (Lipinski definition) is 5. The summed E-state index contributed by atoms with van der Waals surface area (Å²) in [5.41, 5.74) is 2.53. The molecular weight excluding hydrogens is 442 g/mol. The normalized spacial score (nSPS) is 11.6. The zero-order valence-corrected chi connectivity index (χ0v) is 20.0. The van der Waals surface area contributed by atoms with E-state index < -0.39 is 10.0 Å². The molecule has 2 N–H and O–H groups in total. The van der Waals surface area contributed by atoms with E-state index in [0.717, 1.165) is 30.1 Å². The Bertz CT molecular complexity index is 1120. The Kier molecular flexibility index (Phi) is 8.58. The van der Waals surface area contributed by atoms with Gasteiger partial charge in [-0.3, -0.25) is 9.69 Å². The molecule has 6 nitrogen and oxygen atoms in total. The molecule has 170 valence electrons. The molecule has 2 aromatic carbocycles. The second-order valence-electron chi connectivity index (χ2n) is 7.34. The van der Waals surface area contributed by atoms with Gasteiger partial charge in [-0.15, -0.1) is 11.3 Å². The number of benzene rings is 2. The van der Waals surface area contributed by atoms with Crippen LogP contribution in [0.5, 0.6) is 0 Å². The van der Waals surface area contributed by atoms with Gasteiger partial charge in [0, 0.05) is 30.1 Å². The summed E-state index contributed by atoms with van der Waals surface area (Å²) in [7, 11) is -3.71. The van der Waals surface area contributed by atoms with Crippen molar-refractivity contribution in [2.45, 2.75) is 38.4 Å². The molecule has 0 spiro atoms. The maximum absolute atomic E-state index is 12.8. The first-order valence-corrected chi connectivity index (χ1v) is 13.0. The molecule has 8 heteroatoms. The predicted molar refractivity (Wildman–Crippen MR) is 129 cm³/mol. The lowest BCUT2D eigenvalue weighted by molar-refractivity contribution is 0.0950. The highest BCUT2D eigenvalue weighted by molar-refractivity contribution is 7.89. The van der Waals surface area contributed by atoms with Crippen molar-refractivity contribution >= 4 is 27.3 Å². The van der Waals surface area contributed by atoms with E-state index in [9.17, 15) is 13.2 Å². The average molecular weight is 472 g/mol. The zero-order valence-electron chi connectivity index (χ0n) is 18.4. The molecule has 1 heterocycles. The number of hydrogen-bond donors (Lipinski definition) is 2. The molecule has 3 rings (SSSR count). The third-order valence-electron chi connectivity index (χ3n) is 5.27. The number of amides is 1. The van der Waals surface area contributed by atoms with Crippen LogP contribution >= 0.6 is 11.3 Å². The first-order valence-electron chi connectivity index (χ1n) is 10.6. The van der Waals surface area contributed by atoms with Gasteiger partial charge in [0.15, 0.2) is 0 Å². The Labute approximate surface area is 194 Å². The first kappa shape index (κ1) is 24.1. The van der Waals surface area contributed by atoms with Gasteiger partial charge in [-0.1, -0.05) is 50.2 Å². The molecule has 0 aliphatic heterocycles. The molecule has 0 saturated carbocycles. The molecule has 0 aliphatic carbocycles. The highest BCUT2D eigenvalue weighted by atomic mass is 32.2. The van der Waals surface area contributed by atoms with E-state index in [1.807, 2.05) is 35.7 Å². The fourth-order valence-electron chi connectivity index (χ4n) is 3.32. The summed E-state index contributed by atoms with van der Waals surface area (Å²) < 4.78 is 27.9. The summed E-state index contributed by atoms with van der Waals surface area (Å²) in [6.45, 7) is 7.60. The van der Waals surface area contributed by atoms with Crippen molar-refractivity contribution in [2.24, 2.45) is 0 Å². The summed E-state index contributed by atoms with van der Waals surface area (Å²) in [5.74, 6) is -0.307. The van der Waals surface area contributed by atoms with Crippen LogP contribution in [0.1, 0.15) is 40.2 Å².